The molecule has 0 saturated carbocycles. The largest absolute Gasteiger partial charge is 0.480 e. The molecule has 0 spiro atoms. The summed E-state index contributed by atoms with van der Waals surface area (Å²) in [4.78, 5) is 0. The molecule has 4 rings (SSSR count). The highest BCUT2D eigenvalue weighted by molar-refractivity contribution is 9.10. The van der Waals surface area contributed by atoms with E-state index in [0.717, 1.165) is 30.5 Å². The van der Waals surface area contributed by atoms with E-state index >= 15 is 0 Å². The quantitative estimate of drug-likeness (QED) is 0.226. The van der Waals surface area contributed by atoms with Crippen LogP contribution < -0.4 is 0 Å². The Balaban J connectivity index is 1.85. The van der Waals surface area contributed by atoms with Crippen molar-refractivity contribution in [2.24, 2.45) is 0 Å². The number of halogens is 9. The Morgan fingerprint density at radius 2 is 1.47 bits per heavy atom. The standard InChI is InChI=1S/C22H11BrCl2F6O/c23-19-17(24)7-12(8-18(19)25)20(22(29,30)31)9-11(10-32-20)13-5-6-16(21(26,27)28)15-4-2-1-3-14(13)15/h1-8,10H,9H2. The lowest BCUT2D eigenvalue weighted by molar-refractivity contribution is -0.260. The number of hydrogen-bond donors (Lipinski definition) is 0. The van der Waals surface area contributed by atoms with Crippen LogP contribution in [0.1, 0.15) is 23.1 Å². The topological polar surface area (TPSA) is 9.23 Å². The molecule has 1 aliphatic heterocycles. The zero-order valence-electron chi connectivity index (χ0n) is 15.7. The van der Waals surface area contributed by atoms with Crippen molar-refractivity contribution in [3.8, 4) is 0 Å². The maximum atomic E-state index is 14.3. The lowest BCUT2D eigenvalue weighted by Gasteiger charge is -2.32. The smallest absolute Gasteiger partial charge is 0.432 e. The number of hydrogen-bond acceptors (Lipinski definition) is 1. The third kappa shape index (κ3) is 3.76. The first-order chi connectivity index (χ1) is 14.8. The van der Waals surface area contributed by atoms with Gasteiger partial charge >= 0.3 is 12.4 Å². The van der Waals surface area contributed by atoms with Crippen molar-refractivity contribution in [3.63, 3.8) is 0 Å². The Bertz CT molecular complexity index is 1230. The third-order valence-electron chi connectivity index (χ3n) is 5.33. The fraction of sp³-hybridized carbons (Fsp3) is 0.182. The van der Waals surface area contributed by atoms with Crippen LogP contribution in [0.3, 0.4) is 0 Å². The molecule has 168 valence electrons. The highest BCUT2D eigenvalue weighted by Crippen LogP contribution is 2.54. The molecule has 0 radical (unpaired) electrons. The van der Waals surface area contributed by atoms with Gasteiger partial charge in [0.1, 0.15) is 0 Å². The van der Waals surface area contributed by atoms with Gasteiger partial charge in [-0.15, -0.1) is 0 Å². The average molecular weight is 556 g/mol. The Hall–Kier alpha value is -1.90. The summed E-state index contributed by atoms with van der Waals surface area (Å²) in [5.41, 5.74) is -3.66. The van der Waals surface area contributed by atoms with Crippen LogP contribution in [0.4, 0.5) is 26.3 Å². The third-order valence-corrected chi connectivity index (χ3v) is 7.23. The molecule has 0 fully saturated rings. The predicted octanol–water partition coefficient (Wildman–Crippen LogP) is 9.15. The van der Waals surface area contributed by atoms with Gasteiger partial charge in [0.2, 0.25) is 5.60 Å². The summed E-state index contributed by atoms with van der Waals surface area (Å²) < 4.78 is 88.6. The Morgan fingerprint density at radius 1 is 0.875 bits per heavy atom. The van der Waals surface area contributed by atoms with Crippen molar-refractivity contribution < 1.29 is 31.1 Å². The van der Waals surface area contributed by atoms with Gasteiger partial charge in [-0.3, -0.25) is 0 Å². The number of fused-ring (bicyclic) bond motifs is 1. The monoisotopic (exact) mass is 554 g/mol. The highest BCUT2D eigenvalue weighted by atomic mass is 79.9. The minimum absolute atomic E-state index is 0.0341. The molecule has 1 aliphatic rings. The van der Waals surface area contributed by atoms with Gasteiger partial charge in [0.05, 0.1) is 26.3 Å². The Kier molecular flexibility index (Phi) is 5.71. The van der Waals surface area contributed by atoms with Gasteiger partial charge in [-0.25, -0.2) is 0 Å². The summed E-state index contributed by atoms with van der Waals surface area (Å²) in [6, 6.07) is 9.90. The van der Waals surface area contributed by atoms with Crippen LogP contribution in [0, 0.1) is 0 Å². The fourth-order valence-corrected chi connectivity index (χ4v) is 4.51. The minimum atomic E-state index is -4.87. The second-order valence-corrected chi connectivity index (χ2v) is 8.83. The molecule has 0 bridgehead atoms. The average Bonchev–Trinajstić information content (AvgIpc) is 3.16. The summed E-state index contributed by atoms with van der Waals surface area (Å²) in [6.07, 6.45) is -9.21. The number of rotatable bonds is 2. The van der Waals surface area contributed by atoms with Crippen LogP contribution in [0.15, 0.2) is 59.3 Å². The van der Waals surface area contributed by atoms with Gasteiger partial charge in [-0.1, -0.05) is 53.5 Å². The van der Waals surface area contributed by atoms with Gasteiger partial charge in [0.25, 0.3) is 0 Å². The highest BCUT2D eigenvalue weighted by Gasteiger charge is 2.60. The van der Waals surface area contributed by atoms with E-state index in [1.54, 1.807) is 0 Å². The van der Waals surface area contributed by atoms with Crippen LogP contribution in [-0.4, -0.2) is 6.18 Å². The molecule has 1 nitrogen and oxygen atoms in total. The molecule has 0 aromatic heterocycles. The van der Waals surface area contributed by atoms with Gasteiger partial charge in [0, 0.05) is 12.0 Å². The summed E-state index contributed by atoms with van der Waals surface area (Å²) in [6.45, 7) is 0. The van der Waals surface area contributed by atoms with Crippen molar-refractivity contribution in [2.45, 2.75) is 24.4 Å². The summed E-state index contributed by atoms with van der Waals surface area (Å²) in [5.74, 6) is 0. The number of ether oxygens (including phenoxy) is 1. The molecular weight excluding hydrogens is 545 g/mol. The van der Waals surface area contributed by atoms with E-state index in [9.17, 15) is 26.3 Å². The molecule has 10 heteroatoms. The van der Waals surface area contributed by atoms with Crippen LogP contribution >= 0.6 is 39.1 Å². The van der Waals surface area contributed by atoms with Crippen molar-refractivity contribution in [1.82, 2.24) is 0 Å². The molecule has 1 heterocycles. The first kappa shape index (κ1) is 23.3. The van der Waals surface area contributed by atoms with E-state index < -0.39 is 29.9 Å². The molecule has 0 N–H and O–H groups in total. The molecule has 1 atom stereocenters. The van der Waals surface area contributed by atoms with Gasteiger partial charge in [-0.2, -0.15) is 26.3 Å². The van der Waals surface area contributed by atoms with Crippen LogP contribution in [0.5, 0.6) is 0 Å². The van der Waals surface area contributed by atoms with Crippen LogP contribution in [0.2, 0.25) is 10.0 Å². The van der Waals surface area contributed by atoms with E-state index in [2.05, 4.69) is 15.9 Å². The maximum Gasteiger partial charge on any atom is 0.432 e. The van der Waals surface area contributed by atoms with Crippen molar-refractivity contribution >= 4 is 55.5 Å². The van der Waals surface area contributed by atoms with Crippen molar-refractivity contribution in [1.29, 1.82) is 0 Å². The zero-order valence-corrected chi connectivity index (χ0v) is 18.8. The lowest BCUT2D eigenvalue weighted by atomic mass is 9.84. The minimum Gasteiger partial charge on any atom is -0.480 e. The van der Waals surface area contributed by atoms with Crippen molar-refractivity contribution in [3.05, 3.63) is 86.0 Å². The van der Waals surface area contributed by atoms with Crippen LogP contribution in [-0.2, 0) is 16.5 Å². The second-order valence-electron chi connectivity index (χ2n) is 7.22. The summed E-state index contributed by atoms with van der Waals surface area (Å²) >= 11 is 15.1. The number of benzene rings is 3. The predicted molar refractivity (Wildman–Crippen MR) is 115 cm³/mol. The zero-order chi connectivity index (χ0) is 23.5. The van der Waals surface area contributed by atoms with Gasteiger partial charge < -0.3 is 4.74 Å². The summed E-state index contributed by atoms with van der Waals surface area (Å²) in [5, 5.41) is -0.0130. The Morgan fingerprint density at radius 3 is 2.03 bits per heavy atom. The SMILES string of the molecule is FC(F)(F)c1ccc(C2=COC(c3cc(Cl)c(Br)c(Cl)c3)(C(F)(F)F)C2)c2ccccc12. The fourth-order valence-electron chi connectivity index (χ4n) is 3.80. The van der Waals surface area contributed by atoms with Gasteiger partial charge in [-0.05, 0) is 56.0 Å². The molecule has 32 heavy (non-hydrogen) atoms. The molecule has 1 unspecified atom stereocenters. The van der Waals surface area contributed by atoms with E-state index in [4.69, 9.17) is 27.9 Å². The summed E-state index contributed by atoms with van der Waals surface area (Å²) in [7, 11) is 0. The molecule has 0 saturated heterocycles. The number of alkyl halides is 6. The molecular formula is C22H11BrCl2F6O. The van der Waals surface area contributed by atoms with E-state index in [1.807, 2.05) is 0 Å². The first-order valence-corrected chi connectivity index (χ1v) is 10.6. The van der Waals surface area contributed by atoms with E-state index in [0.29, 0.717) is 0 Å². The normalized spacial score (nSPS) is 19.2. The Labute approximate surface area is 196 Å². The maximum absolute atomic E-state index is 14.3. The molecule has 0 amide bonds. The first-order valence-electron chi connectivity index (χ1n) is 9.03. The lowest BCUT2D eigenvalue weighted by Crippen LogP contribution is -2.42. The second kappa shape index (κ2) is 7.85. The van der Waals surface area contributed by atoms with E-state index in [-0.39, 0.29) is 42.0 Å². The molecule has 0 aliphatic carbocycles. The van der Waals surface area contributed by atoms with Crippen molar-refractivity contribution in [2.75, 3.05) is 0 Å². The molecule has 3 aromatic carbocycles. The van der Waals surface area contributed by atoms with Crippen LogP contribution in [0.25, 0.3) is 16.3 Å². The molecule has 3 aromatic rings. The van der Waals surface area contributed by atoms with E-state index in [1.165, 1.54) is 24.3 Å². The van der Waals surface area contributed by atoms with Gasteiger partial charge in [0.15, 0.2) is 0 Å².